The number of pyridine rings is 1. The number of benzene rings is 1. The lowest BCUT2D eigenvalue weighted by Crippen LogP contribution is -2.84. The molecule has 16 heteroatoms. The Kier molecular flexibility index (Phi) is 8.71. The first kappa shape index (κ1) is 29.3. The van der Waals surface area contributed by atoms with Gasteiger partial charge in [0.2, 0.25) is 6.54 Å². The number of aromatic nitrogens is 1. The van der Waals surface area contributed by atoms with Crippen LogP contribution in [-0.2, 0) is 31.6 Å². The standard InChI is InChI=1S/C23H25N7O7S2/c24-21(31)13-30-9-7-15(8-10-30)18-5-4-17(28-23(27)29-22(25)26)12-16(18)3-1-14-2-6-19(38(32,33)34)20(11-14)39(35,36)37/h2,4-5,7-10,12,19-20H,6,11,13H2,(H9,24,25,26,27,29,31,32,33,34,35,36,37)/t19-,20+/m0/s1. The third kappa shape index (κ3) is 8.09. The van der Waals surface area contributed by atoms with Crippen LogP contribution in [0.5, 0.6) is 0 Å². The van der Waals surface area contributed by atoms with Crippen molar-refractivity contribution >= 4 is 43.7 Å². The number of nitrogens with one attached hydrogen (secondary N) is 1. The summed E-state index contributed by atoms with van der Waals surface area (Å²) in [5.74, 6) is 4.88. The maximum absolute atomic E-state index is 11.7. The Morgan fingerprint density at radius 1 is 1.00 bits per heavy atom. The molecule has 1 amide bonds. The first-order valence-corrected chi connectivity index (χ1v) is 14.1. The summed E-state index contributed by atoms with van der Waals surface area (Å²) in [6.45, 7) is -0.0216. The third-order valence-corrected chi connectivity index (χ3v) is 8.27. The van der Waals surface area contributed by atoms with Crippen LogP contribution in [0, 0.1) is 11.8 Å². The highest BCUT2D eigenvalue weighted by atomic mass is 32.2. The van der Waals surface area contributed by atoms with Crippen LogP contribution in [0.4, 0.5) is 5.69 Å². The highest BCUT2D eigenvalue weighted by Crippen LogP contribution is 2.30. The molecule has 206 valence electrons. The van der Waals surface area contributed by atoms with Gasteiger partial charge in [-0.3, -0.25) is 4.79 Å². The summed E-state index contributed by atoms with van der Waals surface area (Å²) in [4.78, 5) is 17.8. The monoisotopic (exact) mass is 575 g/mol. The molecule has 9 N–H and O–H groups in total. The second-order valence-corrected chi connectivity index (χ2v) is 11.7. The minimum Gasteiger partial charge on any atom is -0.748 e. The number of hydrogen-bond donors (Lipinski definition) is 5. The lowest BCUT2D eigenvalue weighted by Gasteiger charge is -2.33. The summed E-state index contributed by atoms with van der Waals surface area (Å²) in [5, 5.41) is -3.85. The second kappa shape index (κ2) is 11.6. The van der Waals surface area contributed by atoms with Crippen LogP contribution in [0.1, 0.15) is 18.4 Å². The van der Waals surface area contributed by atoms with E-state index in [4.69, 9.17) is 22.9 Å². The molecule has 39 heavy (non-hydrogen) atoms. The summed E-state index contributed by atoms with van der Waals surface area (Å²) in [5.41, 5.74) is 24.0. The molecule has 2 atom stereocenters. The van der Waals surface area contributed by atoms with E-state index in [0.29, 0.717) is 22.4 Å². The smallest absolute Gasteiger partial charge is 0.316 e. The average Bonchev–Trinajstić information content (AvgIpc) is 2.81. The van der Waals surface area contributed by atoms with Gasteiger partial charge >= 0.3 is 5.96 Å². The van der Waals surface area contributed by atoms with Crippen LogP contribution >= 0.6 is 0 Å². The summed E-state index contributed by atoms with van der Waals surface area (Å²) in [7, 11) is -10.1. The molecule has 3 rings (SSSR count). The quantitative estimate of drug-likeness (QED) is 0.0740. The van der Waals surface area contributed by atoms with Crippen LogP contribution in [0.15, 0.2) is 59.4 Å². The Labute approximate surface area is 224 Å². The van der Waals surface area contributed by atoms with Crippen molar-refractivity contribution in [3.05, 3.63) is 59.9 Å². The number of aliphatic imine (C=N–C) groups is 1. The van der Waals surface area contributed by atoms with E-state index in [0.717, 1.165) is 0 Å². The fraction of sp³-hybridized carbons (Fsp3) is 0.217. The number of carbonyl (C=O) groups excluding carboxylic acids is 1. The number of nitrogens with zero attached hydrogens (tertiary/aromatic N) is 2. The minimum atomic E-state index is -5.10. The van der Waals surface area contributed by atoms with Crippen LogP contribution < -0.4 is 32.5 Å². The number of nitrogens with two attached hydrogens (primary N) is 4. The Hall–Kier alpha value is -4.30. The van der Waals surface area contributed by atoms with Gasteiger partial charge in [0.05, 0.1) is 30.7 Å². The molecule has 1 heterocycles. The molecule has 1 aliphatic rings. The molecule has 0 aliphatic heterocycles. The first-order chi connectivity index (χ1) is 18.1. The molecular formula is C23H25N7O7S2. The number of carbonyl (C=O) groups is 1. The van der Waals surface area contributed by atoms with Crippen molar-refractivity contribution in [2.24, 2.45) is 27.9 Å². The Morgan fingerprint density at radius 3 is 2.21 bits per heavy atom. The first-order valence-electron chi connectivity index (χ1n) is 11.1. The zero-order valence-corrected chi connectivity index (χ0v) is 21.9. The number of allylic oxidation sites excluding steroid dienone is 2. The minimum absolute atomic E-state index is 0.0216. The molecule has 0 fully saturated rings. The molecular weight excluding hydrogens is 550 g/mol. The molecule has 0 bridgehead atoms. The average molecular weight is 576 g/mol. The molecule has 1 aromatic heterocycles. The number of rotatable bonds is 6. The Balaban J connectivity index is 2.07. The van der Waals surface area contributed by atoms with Gasteiger partial charge < -0.3 is 32.0 Å². The summed E-state index contributed by atoms with van der Waals surface area (Å²) in [6.07, 6.45) is 3.62. The van der Waals surface area contributed by atoms with Gasteiger partial charge in [-0.1, -0.05) is 24.0 Å². The highest BCUT2D eigenvalue weighted by Gasteiger charge is 2.35. The van der Waals surface area contributed by atoms with Gasteiger partial charge in [-0.05, 0) is 41.7 Å². The molecule has 1 aromatic carbocycles. The maximum Gasteiger partial charge on any atom is 0.316 e. The van der Waals surface area contributed by atoms with Crippen molar-refractivity contribution in [1.29, 1.82) is 0 Å². The molecule has 1 aliphatic carbocycles. The van der Waals surface area contributed by atoms with E-state index in [1.165, 1.54) is 6.08 Å². The normalized spacial score (nSPS) is 17.9. The Morgan fingerprint density at radius 2 is 1.64 bits per heavy atom. The van der Waals surface area contributed by atoms with Crippen LogP contribution in [-0.4, -0.2) is 54.3 Å². The van der Waals surface area contributed by atoms with E-state index in [9.17, 15) is 30.7 Å². The lowest BCUT2D eigenvalue weighted by atomic mass is 9.97. The highest BCUT2D eigenvalue weighted by molar-refractivity contribution is 7.90. The molecule has 0 saturated carbocycles. The zero-order chi connectivity index (χ0) is 29.0. The van der Waals surface area contributed by atoms with Gasteiger partial charge in [0.1, 0.15) is 5.69 Å². The number of amides is 1. The Bertz CT molecular complexity index is 1650. The van der Waals surface area contributed by atoms with Gasteiger partial charge in [0.15, 0.2) is 12.4 Å². The summed E-state index contributed by atoms with van der Waals surface area (Å²) in [6, 6.07) is 8.34. The molecule has 2 aromatic rings. The molecule has 0 radical (unpaired) electrons. The number of primary amides is 1. The van der Waals surface area contributed by atoms with Crippen LogP contribution in [0.2, 0.25) is 0 Å². The fourth-order valence-corrected chi connectivity index (χ4v) is 6.36. The van der Waals surface area contributed by atoms with E-state index >= 15 is 0 Å². The molecule has 0 saturated heterocycles. The maximum atomic E-state index is 11.7. The molecule has 0 unspecified atom stereocenters. The van der Waals surface area contributed by atoms with Crippen molar-refractivity contribution in [1.82, 2.24) is 0 Å². The van der Waals surface area contributed by atoms with Crippen LogP contribution in [0.25, 0.3) is 11.1 Å². The number of hydrogen-bond acceptors (Lipinski definition) is 8. The lowest BCUT2D eigenvalue weighted by molar-refractivity contribution is -0.684. The molecule has 0 spiro atoms. The van der Waals surface area contributed by atoms with Gasteiger partial charge in [-0.15, -0.1) is 4.99 Å². The van der Waals surface area contributed by atoms with Gasteiger partial charge in [0.25, 0.3) is 11.9 Å². The van der Waals surface area contributed by atoms with E-state index in [1.54, 1.807) is 47.3 Å². The summed E-state index contributed by atoms with van der Waals surface area (Å²) < 4.78 is 71.2. The van der Waals surface area contributed by atoms with Gasteiger partial charge in [-0.2, -0.15) is 4.57 Å². The zero-order valence-electron chi connectivity index (χ0n) is 20.3. The fourth-order valence-electron chi connectivity index (χ4n) is 3.88. The third-order valence-electron chi connectivity index (χ3n) is 5.60. The predicted molar refractivity (Wildman–Crippen MR) is 138 cm³/mol. The van der Waals surface area contributed by atoms with E-state index in [-0.39, 0.29) is 24.0 Å². The second-order valence-electron chi connectivity index (χ2n) is 8.51. The van der Waals surface area contributed by atoms with Crippen molar-refractivity contribution in [3.63, 3.8) is 0 Å². The SMILES string of the molecule is NC(=O)C[n+]1ccc(-c2ccc(N=C(N)[NH+]=C(N)N)cc2C#CC2=CC[C@H](S(=O)(=O)[O-])[C@H](S(=O)(=O)[O-])C2)cc1. The van der Waals surface area contributed by atoms with Crippen LogP contribution in [0.3, 0.4) is 0 Å². The van der Waals surface area contributed by atoms with Gasteiger partial charge in [-0.25, -0.2) is 21.8 Å². The van der Waals surface area contributed by atoms with Gasteiger partial charge in [0, 0.05) is 17.7 Å². The van der Waals surface area contributed by atoms with Crippen molar-refractivity contribution in [2.45, 2.75) is 29.9 Å². The van der Waals surface area contributed by atoms with E-state index < -0.39 is 49.5 Å². The predicted octanol–water partition coefficient (Wildman–Crippen LogP) is -3.67. The van der Waals surface area contributed by atoms with Crippen molar-refractivity contribution < 1.29 is 40.3 Å². The molecule has 14 nitrogen and oxygen atoms in total. The van der Waals surface area contributed by atoms with Crippen molar-refractivity contribution in [2.75, 3.05) is 0 Å². The van der Waals surface area contributed by atoms with Crippen molar-refractivity contribution in [3.8, 4) is 23.0 Å². The van der Waals surface area contributed by atoms with E-state index in [1.807, 2.05) is 0 Å². The largest absolute Gasteiger partial charge is 0.748 e. The number of guanidine groups is 2. The summed E-state index contributed by atoms with van der Waals surface area (Å²) >= 11 is 0. The topological polar surface area (TPSA) is 266 Å². The van der Waals surface area contributed by atoms with E-state index in [2.05, 4.69) is 21.8 Å².